The minimum Gasteiger partial charge on any atom is -0.484 e. The normalized spacial score (nSPS) is 11.0. The Morgan fingerprint density at radius 2 is 2.00 bits per heavy atom. The Kier molecular flexibility index (Phi) is 5.98. The van der Waals surface area contributed by atoms with Crippen LogP contribution >= 0.6 is 0 Å². The molecule has 130 valence electrons. The van der Waals surface area contributed by atoms with Crippen molar-refractivity contribution in [1.82, 2.24) is 10.2 Å². The maximum atomic E-state index is 11.8. The SMILES string of the molecule is Cc1c(C)c2ccc(OCC(=O)NCCCN(C)C)cc2oc1=O. The Hall–Kier alpha value is -2.34. The lowest BCUT2D eigenvalue weighted by molar-refractivity contribution is -0.123. The van der Waals surface area contributed by atoms with Crippen molar-refractivity contribution in [3.05, 3.63) is 39.7 Å². The number of benzene rings is 1. The van der Waals surface area contributed by atoms with Crippen LogP contribution in [0.4, 0.5) is 0 Å². The summed E-state index contributed by atoms with van der Waals surface area (Å²) in [6.07, 6.45) is 0.887. The van der Waals surface area contributed by atoms with Crippen molar-refractivity contribution in [2.24, 2.45) is 0 Å². The molecule has 1 aromatic carbocycles. The summed E-state index contributed by atoms with van der Waals surface area (Å²) in [5, 5.41) is 3.68. The Morgan fingerprint density at radius 3 is 2.71 bits per heavy atom. The molecule has 2 rings (SSSR count). The smallest absolute Gasteiger partial charge is 0.339 e. The zero-order chi connectivity index (χ0) is 17.7. The molecular formula is C18H24N2O4. The highest BCUT2D eigenvalue weighted by molar-refractivity contribution is 5.82. The molecule has 1 N–H and O–H groups in total. The first-order valence-corrected chi connectivity index (χ1v) is 7.97. The molecule has 6 heteroatoms. The van der Waals surface area contributed by atoms with Gasteiger partial charge in [0.1, 0.15) is 11.3 Å². The molecule has 0 atom stereocenters. The summed E-state index contributed by atoms with van der Waals surface area (Å²) in [6.45, 7) is 5.10. The van der Waals surface area contributed by atoms with Gasteiger partial charge in [0.15, 0.2) is 6.61 Å². The number of carbonyl (C=O) groups excluding carboxylic acids is 1. The second kappa shape index (κ2) is 7.97. The van der Waals surface area contributed by atoms with Crippen LogP contribution in [0.25, 0.3) is 11.0 Å². The number of fused-ring (bicyclic) bond motifs is 1. The summed E-state index contributed by atoms with van der Waals surface area (Å²) in [6, 6.07) is 5.25. The second-order valence-electron chi connectivity index (χ2n) is 6.09. The third-order valence-corrected chi connectivity index (χ3v) is 3.90. The maximum Gasteiger partial charge on any atom is 0.339 e. The van der Waals surface area contributed by atoms with Crippen molar-refractivity contribution in [3.63, 3.8) is 0 Å². The Bertz CT molecular complexity index is 780. The number of amides is 1. The van der Waals surface area contributed by atoms with E-state index in [1.165, 1.54) is 0 Å². The van der Waals surface area contributed by atoms with Gasteiger partial charge in [0.25, 0.3) is 5.91 Å². The van der Waals surface area contributed by atoms with Crippen LogP contribution in [0.1, 0.15) is 17.5 Å². The summed E-state index contributed by atoms with van der Waals surface area (Å²) in [4.78, 5) is 25.6. The average Bonchev–Trinajstić information content (AvgIpc) is 2.54. The van der Waals surface area contributed by atoms with Crippen LogP contribution in [0.2, 0.25) is 0 Å². The minimum atomic E-state index is -0.351. The van der Waals surface area contributed by atoms with E-state index in [0.29, 0.717) is 23.4 Å². The Morgan fingerprint density at radius 1 is 1.25 bits per heavy atom. The summed E-state index contributed by atoms with van der Waals surface area (Å²) < 4.78 is 10.8. The molecule has 1 amide bonds. The summed E-state index contributed by atoms with van der Waals surface area (Å²) >= 11 is 0. The summed E-state index contributed by atoms with van der Waals surface area (Å²) in [5.74, 6) is 0.327. The highest BCUT2D eigenvalue weighted by Gasteiger charge is 2.09. The quantitative estimate of drug-likeness (QED) is 0.619. The lowest BCUT2D eigenvalue weighted by atomic mass is 10.1. The first-order valence-electron chi connectivity index (χ1n) is 7.97. The van der Waals surface area contributed by atoms with Crippen LogP contribution in [0.5, 0.6) is 5.75 Å². The second-order valence-corrected chi connectivity index (χ2v) is 6.09. The maximum absolute atomic E-state index is 11.8. The zero-order valence-corrected chi connectivity index (χ0v) is 14.6. The molecule has 0 aliphatic rings. The van der Waals surface area contributed by atoms with Gasteiger partial charge >= 0.3 is 5.63 Å². The number of aryl methyl sites for hydroxylation is 1. The fourth-order valence-electron chi connectivity index (χ4n) is 2.34. The van der Waals surface area contributed by atoms with Gasteiger partial charge in [0, 0.05) is 23.6 Å². The van der Waals surface area contributed by atoms with E-state index >= 15 is 0 Å². The highest BCUT2D eigenvalue weighted by Crippen LogP contribution is 2.23. The van der Waals surface area contributed by atoms with Crippen molar-refractivity contribution in [1.29, 1.82) is 0 Å². The molecule has 1 heterocycles. The van der Waals surface area contributed by atoms with Gasteiger partial charge in [0.05, 0.1) is 0 Å². The molecule has 2 aromatic rings. The van der Waals surface area contributed by atoms with Gasteiger partial charge in [-0.1, -0.05) is 0 Å². The number of ether oxygens (including phenoxy) is 1. The lowest BCUT2D eigenvalue weighted by Crippen LogP contribution is -2.31. The summed E-state index contributed by atoms with van der Waals surface area (Å²) in [5.41, 5.74) is 1.61. The lowest BCUT2D eigenvalue weighted by Gasteiger charge is -2.11. The van der Waals surface area contributed by atoms with Gasteiger partial charge in [-0.15, -0.1) is 0 Å². The monoisotopic (exact) mass is 332 g/mol. The number of hydrogen-bond acceptors (Lipinski definition) is 5. The molecule has 6 nitrogen and oxygen atoms in total. The van der Waals surface area contributed by atoms with Gasteiger partial charge < -0.3 is 19.4 Å². The third-order valence-electron chi connectivity index (χ3n) is 3.90. The molecule has 0 unspecified atom stereocenters. The molecular weight excluding hydrogens is 308 g/mol. The van der Waals surface area contributed by atoms with Gasteiger partial charge in [-0.3, -0.25) is 4.79 Å². The number of hydrogen-bond donors (Lipinski definition) is 1. The van der Waals surface area contributed by atoms with E-state index in [4.69, 9.17) is 9.15 Å². The van der Waals surface area contributed by atoms with Crippen molar-refractivity contribution in [2.45, 2.75) is 20.3 Å². The molecule has 0 radical (unpaired) electrons. The van der Waals surface area contributed by atoms with Crippen molar-refractivity contribution in [3.8, 4) is 5.75 Å². The molecule has 1 aromatic heterocycles. The Labute approximate surface area is 141 Å². The number of nitrogens with zero attached hydrogens (tertiary/aromatic N) is 1. The van der Waals surface area contributed by atoms with Gasteiger partial charge in [-0.2, -0.15) is 0 Å². The van der Waals surface area contributed by atoms with E-state index in [9.17, 15) is 9.59 Å². The van der Waals surface area contributed by atoms with Crippen LogP contribution in [0.15, 0.2) is 27.4 Å². The first-order chi connectivity index (χ1) is 11.4. The van der Waals surface area contributed by atoms with Crippen LogP contribution in [-0.2, 0) is 4.79 Å². The fourth-order valence-corrected chi connectivity index (χ4v) is 2.34. The minimum absolute atomic E-state index is 0.0669. The largest absolute Gasteiger partial charge is 0.484 e. The fraction of sp³-hybridized carbons (Fsp3) is 0.444. The van der Waals surface area contributed by atoms with Crippen LogP contribution in [0, 0.1) is 13.8 Å². The van der Waals surface area contributed by atoms with E-state index in [0.717, 1.165) is 23.9 Å². The molecule has 0 saturated heterocycles. The van der Waals surface area contributed by atoms with E-state index < -0.39 is 0 Å². The molecule has 0 spiro atoms. The van der Waals surface area contributed by atoms with E-state index in [1.54, 1.807) is 19.1 Å². The number of rotatable bonds is 7. The topological polar surface area (TPSA) is 71.8 Å². The van der Waals surface area contributed by atoms with Crippen LogP contribution < -0.4 is 15.7 Å². The van der Waals surface area contributed by atoms with E-state index in [-0.39, 0.29) is 18.1 Å². The van der Waals surface area contributed by atoms with Crippen molar-refractivity contribution >= 4 is 16.9 Å². The molecule has 0 aliphatic carbocycles. The molecule has 0 aliphatic heterocycles. The van der Waals surface area contributed by atoms with Crippen LogP contribution in [0.3, 0.4) is 0 Å². The molecule has 0 bridgehead atoms. The molecule has 24 heavy (non-hydrogen) atoms. The zero-order valence-electron chi connectivity index (χ0n) is 14.6. The number of nitrogens with one attached hydrogen (secondary N) is 1. The number of carbonyl (C=O) groups is 1. The van der Waals surface area contributed by atoms with Gasteiger partial charge in [-0.25, -0.2) is 4.79 Å². The first kappa shape index (κ1) is 18.0. The molecule has 0 saturated carbocycles. The van der Waals surface area contributed by atoms with Gasteiger partial charge in [-0.05, 0) is 58.6 Å². The Balaban J connectivity index is 1.95. The van der Waals surface area contributed by atoms with E-state index in [1.807, 2.05) is 27.1 Å². The average molecular weight is 332 g/mol. The van der Waals surface area contributed by atoms with Crippen LogP contribution in [-0.4, -0.2) is 44.6 Å². The molecule has 0 fully saturated rings. The van der Waals surface area contributed by atoms with Gasteiger partial charge in [0.2, 0.25) is 0 Å². The summed E-state index contributed by atoms with van der Waals surface area (Å²) in [7, 11) is 3.98. The highest BCUT2D eigenvalue weighted by atomic mass is 16.5. The standard InChI is InChI=1S/C18H24N2O4/c1-12-13(2)18(22)24-16-10-14(6-7-15(12)16)23-11-17(21)19-8-5-9-20(3)4/h6-7,10H,5,8-9,11H2,1-4H3,(H,19,21). The predicted molar refractivity (Wildman–Crippen MR) is 93.6 cm³/mol. The van der Waals surface area contributed by atoms with Crippen molar-refractivity contribution in [2.75, 3.05) is 33.8 Å². The van der Waals surface area contributed by atoms with Crippen molar-refractivity contribution < 1.29 is 13.9 Å². The van der Waals surface area contributed by atoms with E-state index in [2.05, 4.69) is 10.2 Å². The third kappa shape index (κ3) is 4.58. The predicted octanol–water partition coefficient (Wildman–Crippen LogP) is 1.86.